The lowest BCUT2D eigenvalue weighted by molar-refractivity contribution is -0.150. The zero-order valence-electron chi connectivity index (χ0n) is 16.1. The number of carbonyl (C=O) groups is 4. The number of nitrogens with two attached hydrogens (primary N) is 1. The number of hydrogen-bond donors (Lipinski definition) is 6. The molecule has 0 spiro atoms. The highest BCUT2D eigenvalue weighted by Gasteiger charge is 2.38. The molecule has 0 saturated carbocycles. The molecule has 1 rings (SSSR count). The molecule has 0 aromatic rings. The van der Waals surface area contributed by atoms with Gasteiger partial charge in [0.05, 0.1) is 12.6 Å². The van der Waals surface area contributed by atoms with Gasteiger partial charge in [-0.15, -0.1) is 0 Å². The van der Waals surface area contributed by atoms with Gasteiger partial charge in [0, 0.05) is 12.3 Å². The third-order valence-corrected chi connectivity index (χ3v) is 5.34. The maximum atomic E-state index is 12.7. The van der Waals surface area contributed by atoms with E-state index in [9.17, 15) is 29.4 Å². The van der Waals surface area contributed by atoms with E-state index in [1.807, 2.05) is 6.92 Å². The predicted octanol–water partition coefficient (Wildman–Crippen LogP) is -1.67. The zero-order chi connectivity index (χ0) is 21.4. The van der Waals surface area contributed by atoms with Gasteiger partial charge in [0.2, 0.25) is 17.7 Å². The molecular formula is C17H30N4O6S. The Morgan fingerprint density at radius 2 is 1.89 bits per heavy atom. The number of likely N-dealkylation sites (tertiary alicyclic amines) is 1. The Balaban J connectivity index is 2.89. The van der Waals surface area contributed by atoms with Gasteiger partial charge < -0.3 is 31.5 Å². The molecule has 5 atom stereocenters. The largest absolute Gasteiger partial charge is 0.480 e. The van der Waals surface area contributed by atoms with Gasteiger partial charge >= 0.3 is 5.97 Å². The molecule has 1 heterocycles. The van der Waals surface area contributed by atoms with Crippen molar-refractivity contribution < 1.29 is 29.4 Å². The lowest BCUT2D eigenvalue weighted by Gasteiger charge is -2.29. The van der Waals surface area contributed by atoms with Gasteiger partial charge in [0.15, 0.2) is 0 Å². The number of carboxylic acid groups (broad SMARTS) is 1. The molecule has 5 unspecified atom stereocenters. The van der Waals surface area contributed by atoms with E-state index in [2.05, 4.69) is 23.3 Å². The lowest BCUT2D eigenvalue weighted by atomic mass is 9.97. The average Bonchev–Trinajstić information content (AvgIpc) is 3.18. The second-order valence-electron chi connectivity index (χ2n) is 6.93. The minimum Gasteiger partial charge on any atom is -0.480 e. The molecule has 1 fully saturated rings. The van der Waals surface area contributed by atoms with E-state index >= 15 is 0 Å². The van der Waals surface area contributed by atoms with Crippen molar-refractivity contribution in [2.75, 3.05) is 18.9 Å². The number of thiol groups is 1. The van der Waals surface area contributed by atoms with Crippen molar-refractivity contribution in [3.63, 3.8) is 0 Å². The summed E-state index contributed by atoms with van der Waals surface area (Å²) in [5, 5.41) is 23.8. The number of nitrogens with one attached hydrogen (secondary N) is 2. The van der Waals surface area contributed by atoms with Crippen LogP contribution in [0.3, 0.4) is 0 Å². The summed E-state index contributed by atoms with van der Waals surface area (Å²) < 4.78 is 0. The highest BCUT2D eigenvalue weighted by atomic mass is 32.1. The number of aliphatic carboxylic acids is 1. The van der Waals surface area contributed by atoms with E-state index < -0.39 is 54.5 Å². The molecule has 160 valence electrons. The number of aliphatic hydroxyl groups excluding tert-OH is 1. The molecule has 1 aliphatic heterocycles. The molecule has 0 radical (unpaired) electrons. The third kappa shape index (κ3) is 6.08. The van der Waals surface area contributed by atoms with Gasteiger partial charge in [0.1, 0.15) is 18.1 Å². The third-order valence-electron chi connectivity index (χ3n) is 4.94. The Hall–Kier alpha value is -1.85. The van der Waals surface area contributed by atoms with E-state index in [1.165, 1.54) is 0 Å². The van der Waals surface area contributed by atoms with Crippen molar-refractivity contribution in [2.24, 2.45) is 11.7 Å². The minimum absolute atomic E-state index is 0.101. The van der Waals surface area contributed by atoms with Crippen molar-refractivity contribution in [3.05, 3.63) is 0 Å². The first-order valence-corrected chi connectivity index (χ1v) is 9.92. The molecule has 1 aliphatic rings. The molecular weight excluding hydrogens is 388 g/mol. The van der Waals surface area contributed by atoms with Crippen LogP contribution in [-0.4, -0.2) is 81.9 Å². The lowest BCUT2D eigenvalue weighted by Crippen LogP contribution is -2.59. The van der Waals surface area contributed by atoms with Crippen LogP contribution in [-0.2, 0) is 19.2 Å². The van der Waals surface area contributed by atoms with Crippen LogP contribution in [0.25, 0.3) is 0 Å². The van der Waals surface area contributed by atoms with E-state index in [0.29, 0.717) is 19.3 Å². The standard InChI is InChI=1S/C17H30N4O6S/c1-3-9(2)13(20-14(23)10(18)8-28)15(24)19-11(7-22)16(25)21-6-4-5-12(21)17(26)27/h9-13,22,28H,3-8,18H2,1-2H3,(H,19,24)(H,20,23)(H,26,27). The number of amides is 3. The van der Waals surface area contributed by atoms with Crippen LogP contribution < -0.4 is 16.4 Å². The van der Waals surface area contributed by atoms with Gasteiger partial charge in [0.25, 0.3) is 0 Å². The zero-order valence-corrected chi connectivity index (χ0v) is 17.0. The summed E-state index contributed by atoms with van der Waals surface area (Å²) in [5.74, 6) is -3.14. The minimum atomic E-state index is -1.30. The highest BCUT2D eigenvalue weighted by Crippen LogP contribution is 2.18. The molecule has 6 N–H and O–H groups in total. The Kier molecular flexibility index (Phi) is 9.70. The fraction of sp³-hybridized carbons (Fsp3) is 0.765. The summed E-state index contributed by atoms with van der Waals surface area (Å²) in [6.07, 6.45) is 1.42. The second-order valence-corrected chi connectivity index (χ2v) is 7.30. The van der Waals surface area contributed by atoms with Crippen molar-refractivity contribution in [2.45, 2.75) is 57.3 Å². The van der Waals surface area contributed by atoms with Crippen LogP contribution in [0.4, 0.5) is 0 Å². The molecule has 1 saturated heterocycles. The predicted molar refractivity (Wildman–Crippen MR) is 105 cm³/mol. The van der Waals surface area contributed by atoms with E-state index in [1.54, 1.807) is 6.92 Å². The molecule has 11 heteroatoms. The van der Waals surface area contributed by atoms with Crippen molar-refractivity contribution in [3.8, 4) is 0 Å². The number of rotatable bonds is 10. The first kappa shape index (κ1) is 24.2. The molecule has 0 aromatic carbocycles. The monoisotopic (exact) mass is 418 g/mol. The van der Waals surface area contributed by atoms with Crippen molar-refractivity contribution in [1.29, 1.82) is 0 Å². The normalized spacial score (nSPS) is 20.8. The molecule has 0 aliphatic carbocycles. The molecule has 28 heavy (non-hydrogen) atoms. The average molecular weight is 419 g/mol. The maximum absolute atomic E-state index is 12.7. The Morgan fingerprint density at radius 1 is 1.25 bits per heavy atom. The molecule has 10 nitrogen and oxygen atoms in total. The molecule has 0 bridgehead atoms. The number of hydrogen-bond acceptors (Lipinski definition) is 7. The van der Waals surface area contributed by atoms with E-state index in [0.717, 1.165) is 4.90 Å². The van der Waals surface area contributed by atoms with Crippen molar-refractivity contribution in [1.82, 2.24) is 15.5 Å². The van der Waals surface area contributed by atoms with Gasteiger partial charge in [-0.25, -0.2) is 4.79 Å². The van der Waals surface area contributed by atoms with E-state index in [-0.39, 0.29) is 18.2 Å². The number of carbonyl (C=O) groups excluding carboxylic acids is 3. The van der Waals surface area contributed by atoms with Crippen LogP contribution >= 0.6 is 12.6 Å². The maximum Gasteiger partial charge on any atom is 0.326 e. The first-order chi connectivity index (χ1) is 13.2. The molecule has 3 amide bonds. The quantitative estimate of drug-likeness (QED) is 0.231. The van der Waals surface area contributed by atoms with Crippen LogP contribution in [0.15, 0.2) is 0 Å². The topological polar surface area (TPSA) is 162 Å². The summed E-state index contributed by atoms with van der Waals surface area (Å²) in [7, 11) is 0. The summed E-state index contributed by atoms with van der Waals surface area (Å²) in [6.45, 7) is 3.15. The van der Waals surface area contributed by atoms with Crippen LogP contribution in [0, 0.1) is 5.92 Å². The SMILES string of the molecule is CCC(C)C(NC(=O)C(N)CS)C(=O)NC(CO)C(=O)N1CCCC1C(=O)O. The summed E-state index contributed by atoms with van der Waals surface area (Å²) in [5.41, 5.74) is 5.63. The summed E-state index contributed by atoms with van der Waals surface area (Å²) >= 11 is 3.96. The van der Waals surface area contributed by atoms with Crippen LogP contribution in [0.1, 0.15) is 33.1 Å². The second kappa shape index (κ2) is 11.2. The summed E-state index contributed by atoms with van der Waals surface area (Å²) in [4.78, 5) is 49.9. The smallest absolute Gasteiger partial charge is 0.326 e. The first-order valence-electron chi connectivity index (χ1n) is 9.29. The van der Waals surface area contributed by atoms with Gasteiger partial charge in [-0.3, -0.25) is 14.4 Å². The fourth-order valence-corrected chi connectivity index (χ4v) is 3.15. The number of nitrogens with zero attached hydrogens (tertiary/aromatic N) is 1. The van der Waals surface area contributed by atoms with E-state index in [4.69, 9.17) is 5.73 Å². The Bertz CT molecular complexity index is 590. The number of carboxylic acids is 1. The van der Waals surface area contributed by atoms with Crippen molar-refractivity contribution >= 4 is 36.3 Å². The van der Waals surface area contributed by atoms with Gasteiger partial charge in [-0.2, -0.15) is 12.6 Å². The Labute approximate surface area is 169 Å². The number of aliphatic hydroxyl groups is 1. The van der Waals surface area contributed by atoms with Crippen LogP contribution in [0.5, 0.6) is 0 Å². The summed E-state index contributed by atoms with van der Waals surface area (Å²) in [6, 6.07) is -4.12. The van der Waals surface area contributed by atoms with Gasteiger partial charge in [-0.1, -0.05) is 20.3 Å². The fourth-order valence-electron chi connectivity index (χ4n) is 2.98. The highest BCUT2D eigenvalue weighted by molar-refractivity contribution is 7.80. The van der Waals surface area contributed by atoms with Crippen LogP contribution in [0.2, 0.25) is 0 Å². The Morgan fingerprint density at radius 3 is 2.39 bits per heavy atom. The van der Waals surface area contributed by atoms with Gasteiger partial charge in [-0.05, 0) is 18.8 Å². The molecule has 0 aromatic heterocycles.